The van der Waals surface area contributed by atoms with Crippen molar-refractivity contribution in [2.75, 3.05) is 0 Å². The summed E-state index contributed by atoms with van der Waals surface area (Å²) in [5.41, 5.74) is 1.26. The number of carboxylic acids is 1. The van der Waals surface area contributed by atoms with E-state index < -0.39 is 5.97 Å². The number of carbonyl (C=O) groups is 2. The van der Waals surface area contributed by atoms with Crippen LogP contribution in [0.5, 0.6) is 0 Å². The molecule has 0 aromatic carbocycles. The molecule has 0 bridgehead atoms. The average Bonchev–Trinajstić information content (AvgIpc) is 3.38. The molecule has 3 rings (SSSR count). The fourth-order valence-electron chi connectivity index (χ4n) is 2.38. The van der Waals surface area contributed by atoms with Crippen molar-refractivity contribution in [1.82, 2.24) is 15.3 Å². The van der Waals surface area contributed by atoms with Crippen LogP contribution in [0, 0.1) is 5.92 Å². The number of rotatable bonds is 5. The number of nitrogens with zero attached hydrogens (tertiary/aromatic N) is 2. The molecule has 1 saturated carbocycles. The molecule has 2 aromatic heterocycles. The maximum Gasteiger partial charge on any atom is 0.337 e. The van der Waals surface area contributed by atoms with E-state index in [1.807, 2.05) is 12.1 Å². The van der Waals surface area contributed by atoms with Gasteiger partial charge in [0.1, 0.15) is 0 Å². The summed E-state index contributed by atoms with van der Waals surface area (Å²) < 4.78 is 0. The second-order valence-corrected chi connectivity index (χ2v) is 5.34. The average molecular weight is 297 g/mol. The number of hydrogen-bond donors (Lipinski definition) is 2. The van der Waals surface area contributed by atoms with Gasteiger partial charge in [-0.05, 0) is 42.5 Å². The van der Waals surface area contributed by atoms with Gasteiger partial charge in [0.25, 0.3) is 5.91 Å². The largest absolute Gasteiger partial charge is 0.478 e. The van der Waals surface area contributed by atoms with Crippen molar-refractivity contribution in [2.24, 2.45) is 5.92 Å². The van der Waals surface area contributed by atoms with Crippen molar-refractivity contribution in [1.29, 1.82) is 0 Å². The molecule has 0 saturated heterocycles. The first-order valence-corrected chi connectivity index (χ1v) is 7.04. The maximum atomic E-state index is 12.4. The minimum absolute atomic E-state index is 0.000432. The highest BCUT2D eigenvalue weighted by atomic mass is 16.4. The minimum Gasteiger partial charge on any atom is -0.478 e. The molecule has 1 atom stereocenters. The van der Waals surface area contributed by atoms with Gasteiger partial charge in [-0.25, -0.2) is 4.79 Å². The highest BCUT2D eigenvalue weighted by molar-refractivity contribution is 5.97. The topological polar surface area (TPSA) is 92.2 Å². The Morgan fingerprint density at radius 1 is 1.14 bits per heavy atom. The lowest BCUT2D eigenvalue weighted by Crippen LogP contribution is -2.30. The van der Waals surface area contributed by atoms with Gasteiger partial charge in [-0.2, -0.15) is 0 Å². The van der Waals surface area contributed by atoms with Crippen molar-refractivity contribution in [2.45, 2.75) is 18.9 Å². The molecule has 2 aromatic rings. The Hall–Kier alpha value is -2.76. The second-order valence-electron chi connectivity index (χ2n) is 5.34. The molecule has 1 aliphatic carbocycles. The monoisotopic (exact) mass is 297 g/mol. The Morgan fingerprint density at radius 2 is 1.82 bits per heavy atom. The number of nitrogens with one attached hydrogen (secondary N) is 1. The molecule has 1 fully saturated rings. The Balaban J connectivity index is 1.80. The van der Waals surface area contributed by atoms with Crippen LogP contribution in [0.15, 0.2) is 43.0 Å². The number of aromatic carboxylic acids is 1. The summed E-state index contributed by atoms with van der Waals surface area (Å²) in [6, 6.07) is 5.02. The lowest BCUT2D eigenvalue weighted by Gasteiger charge is -2.18. The van der Waals surface area contributed by atoms with Gasteiger partial charge < -0.3 is 10.4 Å². The fourth-order valence-corrected chi connectivity index (χ4v) is 2.38. The standard InChI is InChI=1S/C16H15N3O3/c20-15(12-7-13(16(21)22)9-18-8-12)19-14(10-1-2-10)11-3-5-17-6-4-11/h3-10,14H,1-2H2,(H,19,20)(H,21,22). The zero-order valence-corrected chi connectivity index (χ0v) is 11.8. The molecule has 1 amide bonds. The van der Waals surface area contributed by atoms with Gasteiger partial charge in [0.2, 0.25) is 0 Å². The van der Waals surface area contributed by atoms with Crippen molar-refractivity contribution < 1.29 is 14.7 Å². The highest BCUT2D eigenvalue weighted by Gasteiger charge is 2.33. The molecule has 6 nitrogen and oxygen atoms in total. The molecule has 6 heteroatoms. The van der Waals surface area contributed by atoms with E-state index in [4.69, 9.17) is 5.11 Å². The van der Waals surface area contributed by atoms with Crippen molar-refractivity contribution in [3.63, 3.8) is 0 Å². The van der Waals surface area contributed by atoms with Crippen molar-refractivity contribution in [3.8, 4) is 0 Å². The van der Waals surface area contributed by atoms with Crippen LogP contribution in [0.2, 0.25) is 0 Å². The maximum absolute atomic E-state index is 12.4. The summed E-state index contributed by atoms with van der Waals surface area (Å²) in [5, 5.41) is 11.9. The number of carboxylic acid groups (broad SMARTS) is 1. The van der Waals surface area contributed by atoms with E-state index in [0.29, 0.717) is 5.92 Å². The van der Waals surface area contributed by atoms with Crippen LogP contribution in [0.25, 0.3) is 0 Å². The normalized spacial score (nSPS) is 15.1. The third-order valence-electron chi connectivity index (χ3n) is 3.69. The fraction of sp³-hybridized carbons (Fsp3) is 0.250. The van der Waals surface area contributed by atoms with Crippen LogP contribution in [0.1, 0.15) is 45.2 Å². The van der Waals surface area contributed by atoms with Crippen LogP contribution in [0.3, 0.4) is 0 Å². The van der Waals surface area contributed by atoms with Crippen LogP contribution in [-0.4, -0.2) is 27.0 Å². The molecule has 2 heterocycles. The van der Waals surface area contributed by atoms with E-state index in [-0.39, 0.29) is 23.1 Å². The zero-order chi connectivity index (χ0) is 15.5. The van der Waals surface area contributed by atoms with Crippen LogP contribution < -0.4 is 5.32 Å². The van der Waals surface area contributed by atoms with Gasteiger partial charge in [-0.15, -0.1) is 0 Å². The van der Waals surface area contributed by atoms with E-state index in [0.717, 1.165) is 18.4 Å². The first kappa shape index (κ1) is 14.2. The second kappa shape index (κ2) is 5.93. The first-order chi connectivity index (χ1) is 10.6. The number of aromatic nitrogens is 2. The minimum atomic E-state index is -1.10. The van der Waals surface area contributed by atoms with E-state index in [1.165, 1.54) is 18.5 Å². The number of pyridine rings is 2. The Morgan fingerprint density at radius 3 is 2.45 bits per heavy atom. The summed E-state index contributed by atoms with van der Waals surface area (Å²) in [7, 11) is 0. The lowest BCUT2D eigenvalue weighted by atomic mass is 10.0. The molecule has 0 radical (unpaired) electrons. The smallest absolute Gasteiger partial charge is 0.337 e. The molecule has 1 aliphatic rings. The van der Waals surface area contributed by atoms with E-state index in [2.05, 4.69) is 15.3 Å². The van der Waals surface area contributed by atoms with Gasteiger partial charge in [0, 0.05) is 24.8 Å². The molecule has 2 N–H and O–H groups in total. The summed E-state index contributed by atoms with van der Waals surface area (Å²) in [5.74, 6) is -0.999. The molecule has 1 unspecified atom stereocenters. The van der Waals surface area contributed by atoms with Gasteiger partial charge in [0.05, 0.1) is 17.2 Å². The number of hydrogen-bond acceptors (Lipinski definition) is 4. The highest BCUT2D eigenvalue weighted by Crippen LogP contribution is 2.40. The van der Waals surface area contributed by atoms with Crippen molar-refractivity contribution >= 4 is 11.9 Å². The summed E-state index contributed by atoms with van der Waals surface area (Å²) >= 11 is 0. The van der Waals surface area contributed by atoms with E-state index in [1.54, 1.807) is 12.4 Å². The molecule has 22 heavy (non-hydrogen) atoms. The number of carbonyl (C=O) groups excluding carboxylic acids is 1. The van der Waals surface area contributed by atoms with Gasteiger partial charge in [-0.3, -0.25) is 14.8 Å². The van der Waals surface area contributed by atoms with Gasteiger partial charge >= 0.3 is 5.97 Å². The Kier molecular flexibility index (Phi) is 3.82. The van der Waals surface area contributed by atoms with Gasteiger partial charge in [-0.1, -0.05) is 0 Å². The molecule has 0 aliphatic heterocycles. The van der Waals surface area contributed by atoms with Crippen molar-refractivity contribution in [3.05, 3.63) is 59.7 Å². The number of amides is 1. The van der Waals surface area contributed by atoms with E-state index in [9.17, 15) is 9.59 Å². The molecular formula is C16H15N3O3. The van der Waals surface area contributed by atoms with Crippen LogP contribution >= 0.6 is 0 Å². The predicted molar refractivity (Wildman–Crippen MR) is 78.4 cm³/mol. The molecule has 112 valence electrons. The first-order valence-electron chi connectivity index (χ1n) is 7.04. The summed E-state index contributed by atoms with van der Waals surface area (Å²) in [4.78, 5) is 31.1. The third-order valence-corrected chi connectivity index (χ3v) is 3.69. The zero-order valence-electron chi connectivity index (χ0n) is 11.8. The molecular weight excluding hydrogens is 282 g/mol. The SMILES string of the molecule is O=C(O)c1cncc(C(=O)NC(c2ccncc2)C2CC2)c1. The third kappa shape index (κ3) is 3.11. The van der Waals surface area contributed by atoms with E-state index >= 15 is 0 Å². The van der Waals surface area contributed by atoms with Crippen LogP contribution in [-0.2, 0) is 0 Å². The predicted octanol–water partition coefficient (Wildman–Crippen LogP) is 2.06. The summed E-state index contributed by atoms with van der Waals surface area (Å²) in [6.07, 6.45) is 8.13. The Bertz CT molecular complexity index is 699. The lowest BCUT2D eigenvalue weighted by molar-refractivity contribution is 0.0696. The Labute approximate surface area is 127 Å². The van der Waals surface area contributed by atoms with Gasteiger partial charge in [0.15, 0.2) is 0 Å². The van der Waals surface area contributed by atoms with Crippen LogP contribution in [0.4, 0.5) is 0 Å². The quantitative estimate of drug-likeness (QED) is 0.881. The summed E-state index contributed by atoms with van der Waals surface area (Å²) in [6.45, 7) is 0. The molecule has 0 spiro atoms.